The average Bonchev–Trinajstić information content (AvgIpc) is 2.72. The third-order valence-corrected chi connectivity index (χ3v) is 3.81. The van der Waals surface area contributed by atoms with Crippen LogP contribution in [-0.4, -0.2) is 23.7 Å². The van der Waals surface area contributed by atoms with Crippen LogP contribution in [0, 0.1) is 11.7 Å². The van der Waals surface area contributed by atoms with Crippen molar-refractivity contribution < 1.29 is 14.3 Å². The number of carbonyl (C=O) groups excluding carboxylic acids is 1. The second-order valence-electron chi connectivity index (χ2n) is 4.59. The van der Waals surface area contributed by atoms with Gasteiger partial charge in [0, 0.05) is 16.9 Å². The van der Waals surface area contributed by atoms with Gasteiger partial charge >= 0.3 is 0 Å². The minimum atomic E-state index is -0.547. The molecule has 1 aromatic rings. The number of aliphatic hydroxyl groups is 1. The number of carbonyl (C=O) groups is 1. The molecule has 5 heteroatoms. The molecule has 0 bridgehead atoms. The lowest BCUT2D eigenvalue weighted by atomic mass is 10.1. The van der Waals surface area contributed by atoms with Gasteiger partial charge < -0.3 is 10.4 Å². The number of hydrogen-bond acceptors (Lipinski definition) is 2. The molecule has 1 aliphatic rings. The Hall–Kier alpha value is -0.940. The average molecular weight is 316 g/mol. The van der Waals surface area contributed by atoms with Gasteiger partial charge in [0.25, 0.3) is 5.91 Å². The summed E-state index contributed by atoms with van der Waals surface area (Å²) < 4.78 is 14.1. The second-order valence-corrected chi connectivity index (χ2v) is 5.51. The van der Waals surface area contributed by atoms with Gasteiger partial charge in [-0.15, -0.1) is 0 Å². The van der Waals surface area contributed by atoms with Gasteiger partial charge in [-0.25, -0.2) is 4.39 Å². The summed E-state index contributed by atoms with van der Waals surface area (Å²) in [5.41, 5.74) is 0.0330. The first-order chi connectivity index (χ1) is 8.58. The molecule has 0 heterocycles. The molecule has 1 fully saturated rings. The number of nitrogens with one attached hydrogen (secondary N) is 1. The highest BCUT2D eigenvalue weighted by atomic mass is 79.9. The van der Waals surface area contributed by atoms with Gasteiger partial charge in [-0.1, -0.05) is 22.4 Å². The Morgan fingerprint density at radius 3 is 2.89 bits per heavy atom. The van der Waals surface area contributed by atoms with Crippen molar-refractivity contribution in [2.24, 2.45) is 5.92 Å². The molecule has 0 spiro atoms. The quantitative estimate of drug-likeness (QED) is 0.900. The van der Waals surface area contributed by atoms with Crippen molar-refractivity contribution in [1.29, 1.82) is 0 Å². The molecule has 0 aromatic heterocycles. The Labute approximate surface area is 114 Å². The molecule has 2 atom stereocenters. The van der Waals surface area contributed by atoms with E-state index in [1.807, 2.05) is 0 Å². The number of benzene rings is 1. The van der Waals surface area contributed by atoms with Gasteiger partial charge in [-0.2, -0.15) is 0 Å². The summed E-state index contributed by atoms with van der Waals surface area (Å²) >= 11 is 3.14. The van der Waals surface area contributed by atoms with Crippen molar-refractivity contribution >= 4 is 21.8 Å². The van der Waals surface area contributed by atoms with E-state index < -0.39 is 11.7 Å². The molecule has 0 radical (unpaired) electrons. The van der Waals surface area contributed by atoms with Crippen LogP contribution in [0.5, 0.6) is 0 Å². The lowest BCUT2D eigenvalue weighted by molar-refractivity contribution is 0.0913. The van der Waals surface area contributed by atoms with Crippen molar-refractivity contribution in [2.75, 3.05) is 6.54 Å². The molecule has 3 nitrogen and oxygen atoms in total. The fraction of sp³-hybridized carbons (Fsp3) is 0.462. The lowest BCUT2D eigenvalue weighted by Crippen LogP contribution is -2.32. The van der Waals surface area contributed by atoms with Crippen LogP contribution in [0.15, 0.2) is 22.7 Å². The summed E-state index contributed by atoms with van der Waals surface area (Å²) in [5, 5.41) is 12.3. The zero-order valence-electron chi connectivity index (χ0n) is 9.83. The Morgan fingerprint density at radius 2 is 2.28 bits per heavy atom. The minimum absolute atomic E-state index is 0.0330. The number of aliphatic hydroxyl groups excluding tert-OH is 1. The zero-order valence-corrected chi connectivity index (χ0v) is 11.4. The summed E-state index contributed by atoms with van der Waals surface area (Å²) in [7, 11) is 0. The monoisotopic (exact) mass is 315 g/mol. The molecule has 2 N–H and O–H groups in total. The van der Waals surface area contributed by atoms with Crippen LogP contribution >= 0.6 is 15.9 Å². The first-order valence-electron chi connectivity index (χ1n) is 5.99. The maximum absolute atomic E-state index is 13.5. The summed E-state index contributed by atoms with van der Waals surface area (Å²) in [6.45, 7) is 0.398. The molecule has 2 unspecified atom stereocenters. The van der Waals surface area contributed by atoms with E-state index in [1.54, 1.807) is 6.07 Å². The molecule has 0 aliphatic heterocycles. The predicted octanol–water partition coefficient (Wildman–Crippen LogP) is 2.48. The maximum atomic E-state index is 13.5. The SMILES string of the molecule is O=C(NCC1CCCC1O)c1ccc(Br)cc1F. The highest BCUT2D eigenvalue weighted by molar-refractivity contribution is 9.10. The van der Waals surface area contributed by atoms with Gasteiger partial charge in [0.05, 0.1) is 11.7 Å². The normalized spacial score (nSPS) is 23.1. The highest BCUT2D eigenvalue weighted by Crippen LogP contribution is 2.24. The predicted molar refractivity (Wildman–Crippen MR) is 69.8 cm³/mol. The van der Waals surface area contributed by atoms with E-state index in [2.05, 4.69) is 21.2 Å². The molecule has 1 aromatic carbocycles. The van der Waals surface area contributed by atoms with Crippen LogP contribution in [-0.2, 0) is 0 Å². The van der Waals surface area contributed by atoms with E-state index >= 15 is 0 Å². The molecule has 98 valence electrons. The molecular weight excluding hydrogens is 301 g/mol. The van der Waals surface area contributed by atoms with E-state index in [0.717, 1.165) is 19.3 Å². The number of halogens is 2. The standard InChI is InChI=1S/C13H15BrFNO2/c14-9-4-5-10(11(15)6-9)13(18)16-7-8-2-1-3-12(8)17/h4-6,8,12,17H,1-3,7H2,(H,16,18). The smallest absolute Gasteiger partial charge is 0.254 e. The summed E-state index contributed by atoms with van der Waals surface area (Å²) in [6, 6.07) is 4.33. The molecule has 1 amide bonds. The first-order valence-corrected chi connectivity index (χ1v) is 6.78. The highest BCUT2D eigenvalue weighted by Gasteiger charge is 2.25. The summed E-state index contributed by atoms with van der Waals surface area (Å²) in [5.74, 6) is -0.889. The fourth-order valence-electron chi connectivity index (χ4n) is 2.25. The van der Waals surface area contributed by atoms with Crippen LogP contribution in [0.25, 0.3) is 0 Å². The van der Waals surface area contributed by atoms with Gasteiger partial charge in [0.2, 0.25) is 0 Å². The van der Waals surface area contributed by atoms with Gasteiger partial charge in [0.1, 0.15) is 5.82 Å². The first kappa shape index (κ1) is 13.5. The van der Waals surface area contributed by atoms with Crippen molar-refractivity contribution in [3.8, 4) is 0 Å². The number of rotatable bonds is 3. The number of amides is 1. The second kappa shape index (κ2) is 5.80. The van der Waals surface area contributed by atoms with Crippen molar-refractivity contribution in [3.63, 3.8) is 0 Å². The Bertz CT molecular complexity index is 453. The molecule has 1 aliphatic carbocycles. The zero-order chi connectivity index (χ0) is 13.1. The van der Waals surface area contributed by atoms with Crippen LogP contribution in [0.2, 0.25) is 0 Å². The van der Waals surface area contributed by atoms with Crippen molar-refractivity contribution in [2.45, 2.75) is 25.4 Å². The minimum Gasteiger partial charge on any atom is -0.393 e. The van der Waals surface area contributed by atoms with E-state index in [9.17, 15) is 14.3 Å². The Morgan fingerprint density at radius 1 is 1.50 bits per heavy atom. The molecule has 2 rings (SSSR count). The fourth-order valence-corrected chi connectivity index (χ4v) is 2.58. The van der Waals surface area contributed by atoms with E-state index in [0.29, 0.717) is 11.0 Å². The Balaban J connectivity index is 1.95. The van der Waals surface area contributed by atoms with Gasteiger partial charge in [0.15, 0.2) is 0 Å². The lowest BCUT2D eigenvalue weighted by Gasteiger charge is -2.15. The Kier molecular flexibility index (Phi) is 4.35. The van der Waals surface area contributed by atoms with Crippen LogP contribution in [0.4, 0.5) is 4.39 Å². The van der Waals surface area contributed by atoms with Gasteiger partial charge in [-0.3, -0.25) is 4.79 Å². The van der Waals surface area contributed by atoms with Crippen LogP contribution in [0.3, 0.4) is 0 Å². The molecule has 18 heavy (non-hydrogen) atoms. The topological polar surface area (TPSA) is 49.3 Å². The van der Waals surface area contributed by atoms with Crippen LogP contribution in [0.1, 0.15) is 29.6 Å². The van der Waals surface area contributed by atoms with Crippen molar-refractivity contribution in [3.05, 3.63) is 34.1 Å². The molecular formula is C13H15BrFNO2. The van der Waals surface area contributed by atoms with Gasteiger partial charge in [-0.05, 0) is 31.0 Å². The largest absolute Gasteiger partial charge is 0.393 e. The third kappa shape index (κ3) is 3.09. The molecule has 0 saturated heterocycles. The summed E-state index contributed by atoms with van der Waals surface area (Å²) in [4.78, 5) is 11.8. The maximum Gasteiger partial charge on any atom is 0.254 e. The van der Waals surface area contributed by atoms with E-state index in [4.69, 9.17) is 0 Å². The summed E-state index contributed by atoms with van der Waals surface area (Å²) in [6.07, 6.45) is 2.33. The third-order valence-electron chi connectivity index (χ3n) is 3.32. The molecule has 1 saturated carbocycles. The van der Waals surface area contributed by atoms with Crippen molar-refractivity contribution in [1.82, 2.24) is 5.32 Å². The van der Waals surface area contributed by atoms with E-state index in [-0.39, 0.29) is 17.6 Å². The number of hydrogen-bond donors (Lipinski definition) is 2. The van der Waals surface area contributed by atoms with E-state index in [1.165, 1.54) is 12.1 Å². The van der Waals surface area contributed by atoms with Crippen LogP contribution < -0.4 is 5.32 Å².